The van der Waals surface area contributed by atoms with Gasteiger partial charge >= 0.3 is 0 Å². The molecule has 0 radical (unpaired) electrons. The lowest BCUT2D eigenvalue weighted by Crippen LogP contribution is -2.76. The first kappa shape index (κ1) is 17.8. The fourth-order valence-corrected chi connectivity index (χ4v) is 2.54. The predicted octanol–water partition coefficient (Wildman–Crippen LogP) is -2.44. The van der Waals surface area contributed by atoms with E-state index in [1.807, 2.05) is 0 Å². The van der Waals surface area contributed by atoms with Gasteiger partial charge in [-0.15, -0.1) is 0 Å². The highest BCUT2D eigenvalue weighted by atomic mass is 16.6. The Morgan fingerprint density at radius 2 is 1.35 bits per heavy atom. The van der Waals surface area contributed by atoms with Gasteiger partial charge in [-0.3, -0.25) is 19.2 Å². The summed E-state index contributed by atoms with van der Waals surface area (Å²) < 4.78 is 38.4. The van der Waals surface area contributed by atoms with Gasteiger partial charge in [0.25, 0.3) is 0 Å². The van der Waals surface area contributed by atoms with Crippen LogP contribution in [0.5, 0.6) is 0 Å². The van der Waals surface area contributed by atoms with Crippen LogP contribution in [0.1, 0.15) is 33.1 Å². The van der Waals surface area contributed by atoms with Gasteiger partial charge in [0.2, 0.25) is 0 Å². The third-order valence-electron chi connectivity index (χ3n) is 4.01. The van der Waals surface area contributed by atoms with E-state index in [4.69, 9.17) is 15.0 Å². The number of carbonyl (C=O) groups excluding carboxylic acids is 4. The zero-order chi connectivity index (χ0) is 23.9. The fourth-order valence-electron chi connectivity index (χ4n) is 2.54. The van der Waals surface area contributed by atoms with Gasteiger partial charge in [0.05, 0.1) is 0 Å². The lowest BCUT2D eigenvalue weighted by atomic mass is 9.67. The van der Waals surface area contributed by atoms with Crippen LogP contribution in [0.15, 0.2) is 0 Å². The molecule has 150 valence electrons. The van der Waals surface area contributed by atoms with Crippen molar-refractivity contribution < 1.29 is 54.6 Å². The molecule has 0 aromatic rings. The molecule has 0 heterocycles. The first-order valence-corrected chi connectivity index (χ1v) is 7.05. The summed E-state index contributed by atoms with van der Waals surface area (Å²) in [6.45, 7) is -4.83. The lowest BCUT2D eigenvalue weighted by molar-refractivity contribution is -0.247. The van der Waals surface area contributed by atoms with E-state index in [2.05, 4.69) is 0 Å². The molecule has 0 saturated heterocycles. The molecule has 2 unspecified atom stereocenters. The molecule has 10 heteroatoms. The Labute approximate surface area is 156 Å². The quantitative estimate of drug-likeness (QED) is 0.301. The van der Waals surface area contributed by atoms with Crippen molar-refractivity contribution in [1.82, 2.24) is 0 Å². The fraction of sp³-hybridized carbons (Fsp3) is 0.750. The molecule has 0 fully saturated rings. The van der Waals surface area contributed by atoms with E-state index >= 15 is 0 Å². The Morgan fingerprint density at radius 3 is 1.73 bits per heavy atom. The van der Waals surface area contributed by atoms with Crippen LogP contribution in [0.3, 0.4) is 0 Å². The van der Waals surface area contributed by atoms with E-state index in [1.165, 1.54) is 0 Å². The summed E-state index contributed by atoms with van der Waals surface area (Å²) >= 11 is 0. The van der Waals surface area contributed by atoms with Crippen molar-refractivity contribution in [1.29, 1.82) is 0 Å². The van der Waals surface area contributed by atoms with E-state index < -0.39 is 86.4 Å². The third kappa shape index (κ3) is 3.90. The Balaban J connectivity index is 7.03. The minimum Gasteiger partial charge on any atom is -0.382 e. The van der Waals surface area contributed by atoms with E-state index in [0.29, 0.717) is 0 Å². The van der Waals surface area contributed by atoms with Crippen LogP contribution in [0.4, 0.5) is 0 Å². The van der Waals surface area contributed by atoms with Crippen molar-refractivity contribution >= 4 is 23.1 Å². The van der Waals surface area contributed by atoms with Crippen molar-refractivity contribution in [3.8, 4) is 0 Å². The Kier molecular flexibility index (Phi) is 6.10. The molecular formula is C16H26O10. The second-order valence-corrected chi connectivity index (χ2v) is 5.52. The summed E-state index contributed by atoms with van der Waals surface area (Å²) in [7, 11) is 1.69. The van der Waals surface area contributed by atoms with E-state index in [9.17, 15) is 39.6 Å². The Morgan fingerprint density at radius 1 is 0.846 bits per heavy atom. The van der Waals surface area contributed by atoms with Gasteiger partial charge in [-0.1, -0.05) is 0 Å². The van der Waals surface area contributed by atoms with Crippen molar-refractivity contribution in [2.75, 3.05) is 14.2 Å². The Bertz CT molecular complexity index is 648. The van der Waals surface area contributed by atoms with Gasteiger partial charge in [0, 0.05) is 19.7 Å². The van der Waals surface area contributed by atoms with Crippen LogP contribution < -0.4 is 0 Å². The predicted molar refractivity (Wildman–Crippen MR) is 86.2 cm³/mol. The lowest BCUT2D eigenvalue weighted by Gasteiger charge is -2.47. The Hall–Kier alpha value is -1.56. The van der Waals surface area contributed by atoms with Gasteiger partial charge in [0.1, 0.15) is 18.3 Å². The monoisotopic (exact) mass is 382 g/mol. The van der Waals surface area contributed by atoms with Gasteiger partial charge in [0.15, 0.2) is 40.4 Å². The van der Waals surface area contributed by atoms with Gasteiger partial charge in [-0.05, 0) is 27.6 Å². The summed E-state index contributed by atoms with van der Waals surface area (Å²) in [5.41, 5.74) is -7.46. The SMILES string of the molecule is [2H]CC(=O)C(O)[C@H](OC)[C@@H](OC)[C@@](O)(C(=O)C[2H])[C@@](O)(C(=O)C[2H])C(O)C(=O)C[2H]. The van der Waals surface area contributed by atoms with Gasteiger partial charge in [-0.25, -0.2) is 0 Å². The standard InChI is InChI=1S/C16H26O10/c1-7(17)11(21)12(25-5)14(26-6)16(24,10(4)20)15(23,9(3)19)13(22)8(2)18/h11-14,21-24H,1-6H3/t11?,12-,13?,14+,15+,16-/m0/s1/i1D,2D,3D,4D. The molecular weight excluding hydrogens is 352 g/mol. The number of Topliss-reactive ketones (excluding diaryl/α,β-unsaturated/α-hetero) is 4. The van der Waals surface area contributed by atoms with Gasteiger partial charge in [-0.2, -0.15) is 0 Å². The molecule has 10 nitrogen and oxygen atoms in total. The van der Waals surface area contributed by atoms with E-state index in [1.54, 1.807) is 0 Å². The van der Waals surface area contributed by atoms with Crippen LogP contribution >= 0.6 is 0 Å². The van der Waals surface area contributed by atoms with E-state index in [-0.39, 0.29) is 0 Å². The highest BCUT2D eigenvalue weighted by Gasteiger charge is 2.67. The van der Waals surface area contributed by atoms with Crippen LogP contribution in [0.25, 0.3) is 0 Å². The maximum absolute atomic E-state index is 12.6. The summed E-state index contributed by atoms with van der Waals surface area (Å²) in [4.78, 5) is 48.7. The van der Waals surface area contributed by atoms with Gasteiger partial charge < -0.3 is 29.9 Å². The topological polar surface area (TPSA) is 168 Å². The first-order valence-electron chi connectivity index (χ1n) is 9.88. The number of hydrogen-bond acceptors (Lipinski definition) is 10. The normalized spacial score (nSPS) is 22.8. The average molecular weight is 382 g/mol. The number of aliphatic hydroxyl groups is 4. The molecule has 26 heavy (non-hydrogen) atoms. The molecule has 0 aromatic heterocycles. The molecule has 0 aliphatic heterocycles. The van der Waals surface area contributed by atoms with Crippen LogP contribution in [0, 0.1) is 0 Å². The maximum atomic E-state index is 12.6. The maximum Gasteiger partial charge on any atom is 0.194 e. The molecule has 0 rings (SSSR count). The number of hydrogen-bond donors (Lipinski definition) is 4. The molecule has 0 aromatic carbocycles. The molecule has 0 aliphatic rings. The average Bonchev–Trinajstić information content (AvgIpc) is 2.77. The number of ketones is 4. The number of aliphatic hydroxyl groups excluding tert-OH is 2. The van der Waals surface area contributed by atoms with E-state index in [0.717, 1.165) is 14.2 Å². The minimum absolute atomic E-state index is 0.807. The summed E-state index contributed by atoms with van der Waals surface area (Å²) in [5.74, 6) is -6.09. The molecule has 0 amide bonds. The van der Waals surface area contributed by atoms with Crippen molar-refractivity contribution in [3.63, 3.8) is 0 Å². The molecule has 0 aliphatic carbocycles. The molecule has 4 N–H and O–H groups in total. The number of ether oxygens (including phenoxy) is 2. The zero-order valence-electron chi connectivity index (χ0n) is 18.4. The number of methoxy groups -OCH3 is 2. The van der Waals surface area contributed by atoms with Crippen LogP contribution in [0.2, 0.25) is 0 Å². The minimum atomic E-state index is -3.79. The number of carbonyl (C=O) groups is 4. The van der Waals surface area contributed by atoms with Crippen molar-refractivity contribution in [2.45, 2.75) is 63.2 Å². The van der Waals surface area contributed by atoms with Crippen LogP contribution in [-0.2, 0) is 28.7 Å². The smallest absolute Gasteiger partial charge is 0.194 e. The molecule has 0 bridgehead atoms. The second-order valence-electron chi connectivity index (χ2n) is 5.52. The molecule has 0 saturated carbocycles. The highest BCUT2D eigenvalue weighted by molar-refractivity contribution is 6.02. The summed E-state index contributed by atoms with van der Waals surface area (Å²) in [6.07, 6.45) is -9.47. The highest BCUT2D eigenvalue weighted by Crippen LogP contribution is 2.36. The summed E-state index contributed by atoms with van der Waals surface area (Å²) in [5, 5.41) is 42.6. The van der Waals surface area contributed by atoms with Crippen molar-refractivity contribution in [2.24, 2.45) is 0 Å². The molecule has 6 atom stereocenters. The summed E-state index contributed by atoms with van der Waals surface area (Å²) in [6, 6.07) is 0. The largest absolute Gasteiger partial charge is 0.382 e. The van der Waals surface area contributed by atoms with Crippen LogP contribution in [-0.4, -0.2) is 93.4 Å². The number of rotatable bonds is 11. The zero-order valence-corrected chi connectivity index (χ0v) is 14.4. The molecule has 0 spiro atoms. The first-order chi connectivity index (χ1) is 13.9. The second kappa shape index (κ2) is 8.89. The van der Waals surface area contributed by atoms with Crippen molar-refractivity contribution in [3.05, 3.63) is 0 Å². The third-order valence-corrected chi connectivity index (χ3v) is 4.01.